The number of hydrogen-bond donors (Lipinski definition) is 1. The Balaban J connectivity index is 2.18. The maximum absolute atomic E-state index is 6.21. The standard InChI is InChI=1S/C13H15ClN2O2S/c1-8-13(19-7-16-8)6-15-10-5-12(18-3)11(17-2)4-9(10)14/h4-5,7,15H,6H2,1-3H3. The zero-order valence-electron chi connectivity index (χ0n) is 11.0. The van der Waals surface area contributed by atoms with Crippen molar-refractivity contribution in [2.45, 2.75) is 13.5 Å². The lowest BCUT2D eigenvalue weighted by Crippen LogP contribution is -2.01. The van der Waals surface area contributed by atoms with Crippen LogP contribution in [0.1, 0.15) is 10.6 Å². The van der Waals surface area contributed by atoms with Gasteiger partial charge in [-0.1, -0.05) is 11.6 Å². The van der Waals surface area contributed by atoms with E-state index in [0.29, 0.717) is 23.1 Å². The van der Waals surface area contributed by atoms with E-state index >= 15 is 0 Å². The third kappa shape index (κ3) is 3.11. The Bertz CT molecular complexity index is 572. The zero-order chi connectivity index (χ0) is 13.8. The first-order valence-corrected chi connectivity index (χ1v) is 6.95. The molecule has 0 aliphatic carbocycles. The Labute approximate surface area is 121 Å². The van der Waals surface area contributed by atoms with Gasteiger partial charge in [-0.3, -0.25) is 0 Å². The molecule has 0 fully saturated rings. The van der Waals surface area contributed by atoms with Crippen LogP contribution < -0.4 is 14.8 Å². The van der Waals surface area contributed by atoms with Gasteiger partial charge in [0.2, 0.25) is 0 Å². The van der Waals surface area contributed by atoms with Crippen LogP contribution in [-0.2, 0) is 6.54 Å². The Morgan fingerprint density at radius 3 is 2.53 bits per heavy atom. The molecule has 1 heterocycles. The summed E-state index contributed by atoms with van der Waals surface area (Å²) in [6.45, 7) is 2.68. The molecule has 0 amide bonds. The van der Waals surface area contributed by atoms with Crippen molar-refractivity contribution in [1.82, 2.24) is 4.98 Å². The molecular weight excluding hydrogens is 284 g/mol. The fourth-order valence-electron chi connectivity index (χ4n) is 1.66. The first-order valence-electron chi connectivity index (χ1n) is 5.70. The number of aryl methyl sites for hydroxylation is 1. The number of aromatic nitrogens is 1. The normalized spacial score (nSPS) is 10.3. The average molecular weight is 299 g/mol. The van der Waals surface area contributed by atoms with E-state index in [-0.39, 0.29) is 0 Å². The lowest BCUT2D eigenvalue weighted by atomic mass is 10.2. The highest BCUT2D eigenvalue weighted by Gasteiger charge is 2.10. The van der Waals surface area contributed by atoms with Crippen molar-refractivity contribution in [2.24, 2.45) is 0 Å². The van der Waals surface area contributed by atoms with Crippen molar-refractivity contribution in [3.8, 4) is 11.5 Å². The van der Waals surface area contributed by atoms with Gasteiger partial charge in [0.15, 0.2) is 11.5 Å². The third-order valence-corrected chi connectivity index (χ3v) is 4.01. The number of anilines is 1. The van der Waals surface area contributed by atoms with E-state index in [1.807, 2.05) is 18.5 Å². The summed E-state index contributed by atoms with van der Waals surface area (Å²) in [5, 5.41) is 3.88. The highest BCUT2D eigenvalue weighted by molar-refractivity contribution is 7.09. The molecular formula is C13H15ClN2O2S. The predicted molar refractivity (Wildman–Crippen MR) is 78.7 cm³/mol. The molecule has 4 nitrogen and oxygen atoms in total. The molecule has 0 saturated carbocycles. The van der Waals surface area contributed by atoms with Gasteiger partial charge in [0.1, 0.15) is 0 Å². The number of methoxy groups -OCH3 is 2. The van der Waals surface area contributed by atoms with Crippen LogP contribution in [0, 0.1) is 6.92 Å². The number of nitrogens with zero attached hydrogens (tertiary/aromatic N) is 1. The fraction of sp³-hybridized carbons (Fsp3) is 0.308. The van der Waals surface area contributed by atoms with Crippen molar-refractivity contribution in [3.05, 3.63) is 33.2 Å². The number of benzene rings is 1. The van der Waals surface area contributed by atoms with Crippen LogP contribution in [0.25, 0.3) is 0 Å². The zero-order valence-corrected chi connectivity index (χ0v) is 12.6. The van der Waals surface area contributed by atoms with Crippen LogP contribution in [-0.4, -0.2) is 19.2 Å². The predicted octanol–water partition coefficient (Wildman–Crippen LogP) is 3.73. The molecule has 6 heteroatoms. The molecule has 0 bridgehead atoms. The molecule has 19 heavy (non-hydrogen) atoms. The Kier molecular flexibility index (Phi) is 4.50. The molecule has 1 aromatic carbocycles. The first-order chi connectivity index (χ1) is 9.15. The molecule has 1 aromatic heterocycles. The van der Waals surface area contributed by atoms with Crippen LogP contribution >= 0.6 is 22.9 Å². The Hall–Kier alpha value is -1.46. The van der Waals surface area contributed by atoms with Crippen LogP contribution in [0.2, 0.25) is 5.02 Å². The molecule has 0 atom stereocenters. The van der Waals surface area contributed by atoms with Crippen LogP contribution in [0.15, 0.2) is 17.6 Å². The number of hydrogen-bond acceptors (Lipinski definition) is 5. The fourth-order valence-corrected chi connectivity index (χ4v) is 2.60. The summed E-state index contributed by atoms with van der Waals surface area (Å²) in [6, 6.07) is 3.57. The van der Waals surface area contributed by atoms with Crippen molar-refractivity contribution in [1.29, 1.82) is 0 Å². The number of halogens is 1. The summed E-state index contributed by atoms with van der Waals surface area (Å²) in [4.78, 5) is 5.40. The molecule has 102 valence electrons. The van der Waals surface area contributed by atoms with Gasteiger partial charge in [-0.15, -0.1) is 11.3 Å². The summed E-state index contributed by atoms with van der Waals surface area (Å²) in [5.41, 5.74) is 3.68. The summed E-state index contributed by atoms with van der Waals surface area (Å²) in [7, 11) is 3.19. The SMILES string of the molecule is COc1cc(Cl)c(NCc2scnc2C)cc1OC. The van der Waals surface area contributed by atoms with E-state index in [1.165, 1.54) is 4.88 Å². The van der Waals surface area contributed by atoms with E-state index in [2.05, 4.69) is 10.3 Å². The topological polar surface area (TPSA) is 43.4 Å². The van der Waals surface area contributed by atoms with Crippen molar-refractivity contribution in [2.75, 3.05) is 19.5 Å². The summed E-state index contributed by atoms with van der Waals surface area (Å²) in [6.07, 6.45) is 0. The molecule has 1 N–H and O–H groups in total. The minimum atomic E-state index is 0.597. The lowest BCUT2D eigenvalue weighted by molar-refractivity contribution is 0.355. The van der Waals surface area contributed by atoms with Gasteiger partial charge in [-0.2, -0.15) is 0 Å². The van der Waals surface area contributed by atoms with Crippen molar-refractivity contribution < 1.29 is 9.47 Å². The molecule has 2 aromatic rings. The third-order valence-electron chi connectivity index (χ3n) is 2.76. The van der Waals surface area contributed by atoms with E-state index < -0.39 is 0 Å². The quantitative estimate of drug-likeness (QED) is 0.913. The Morgan fingerprint density at radius 1 is 1.26 bits per heavy atom. The summed E-state index contributed by atoms with van der Waals surface area (Å²) in [5.74, 6) is 1.27. The second-order valence-electron chi connectivity index (χ2n) is 3.90. The van der Waals surface area contributed by atoms with E-state index in [4.69, 9.17) is 21.1 Å². The summed E-state index contributed by atoms with van der Waals surface area (Å²) >= 11 is 7.83. The van der Waals surface area contributed by atoms with E-state index in [1.54, 1.807) is 31.6 Å². The van der Waals surface area contributed by atoms with Gasteiger partial charge in [0.25, 0.3) is 0 Å². The second-order valence-corrected chi connectivity index (χ2v) is 5.25. The van der Waals surface area contributed by atoms with Crippen molar-refractivity contribution >= 4 is 28.6 Å². The van der Waals surface area contributed by atoms with Gasteiger partial charge >= 0.3 is 0 Å². The van der Waals surface area contributed by atoms with Gasteiger partial charge in [-0.25, -0.2) is 4.98 Å². The minimum absolute atomic E-state index is 0.597. The van der Waals surface area contributed by atoms with Crippen LogP contribution in [0.5, 0.6) is 11.5 Å². The molecule has 0 saturated heterocycles. The number of ether oxygens (including phenoxy) is 2. The summed E-state index contributed by atoms with van der Waals surface area (Å²) < 4.78 is 10.5. The second kappa shape index (κ2) is 6.12. The van der Waals surface area contributed by atoms with Crippen LogP contribution in [0.4, 0.5) is 5.69 Å². The average Bonchev–Trinajstić information content (AvgIpc) is 2.82. The number of nitrogens with one attached hydrogen (secondary N) is 1. The minimum Gasteiger partial charge on any atom is -0.493 e. The molecule has 0 spiro atoms. The maximum atomic E-state index is 6.21. The molecule has 0 unspecified atom stereocenters. The number of thiazole rings is 1. The highest BCUT2D eigenvalue weighted by Crippen LogP contribution is 2.36. The molecule has 2 rings (SSSR count). The van der Waals surface area contributed by atoms with Gasteiger partial charge < -0.3 is 14.8 Å². The number of rotatable bonds is 5. The first kappa shape index (κ1) is 14.0. The van der Waals surface area contributed by atoms with Crippen molar-refractivity contribution in [3.63, 3.8) is 0 Å². The van der Waals surface area contributed by atoms with Gasteiger partial charge in [-0.05, 0) is 6.92 Å². The van der Waals surface area contributed by atoms with Crippen LogP contribution in [0.3, 0.4) is 0 Å². The maximum Gasteiger partial charge on any atom is 0.162 e. The molecule has 0 aliphatic heterocycles. The van der Waals surface area contributed by atoms with Gasteiger partial charge in [0.05, 0.1) is 42.7 Å². The molecule has 0 aliphatic rings. The smallest absolute Gasteiger partial charge is 0.162 e. The Morgan fingerprint density at radius 2 is 1.95 bits per heavy atom. The van der Waals surface area contributed by atoms with E-state index in [0.717, 1.165) is 11.4 Å². The monoisotopic (exact) mass is 298 g/mol. The van der Waals surface area contributed by atoms with E-state index in [9.17, 15) is 0 Å². The highest BCUT2D eigenvalue weighted by atomic mass is 35.5. The lowest BCUT2D eigenvalue weighted by Gasteiger charge is -2.13. The van der Waals surface area contributed by atoms with Gasteiger partial charge in [0, 0.05) is 17.0 Å². The molecule has 0 radical (unpaired) electrons. The largest absolute Gasteiger partial charge is 0.493 e.